The van der Waals surface area contributed by atoms with Crippen LogP contribution in [0.3, 0.4) is 0 Å². The van der Waals surface area contributed by atoms with Gasteiger partial charge in [0, 0.05) is 57.1 Å². The zero-order chi connectivity index (χ0) is 22.3. The van der Waals surface area contributed by atoms with Crippen molar-refractivity contribution in [1.82, 2.24) is 5.48 Å². The summed E-state index contributed by atoms with van der Waals surface area (Å²) in [5, 5.41) is 0. The zero-order valence-electron chi connectivity index (χ0n) is 20.2. The molecule has 0 aromatic heterocycles. The van der Waals surface area contributed by atoms with Crippen molar-refractivity contribution in [2.75, 3.05) is 33.0 Å². The summed E-state index contributed by atoms with van der Waals surface area (Å²) in [5.41, 5.74) is 2.52. The maximum Gasteiger partial charge on any atom is 0.183 e. The van der Waals surface area contributed by atoms with Gasteiger partial charge in [-0.2, -0.15) is 0 Å². The quantitative estimate of drug-likeness (QED) is 0.162. The second-order valence-corrected chi connectivity index (χ2v) is 10.8. The maximum atomic E-state index is 6.15. The van der Waals surface area contributed by atoms with E-state index in [-0.39, 0.29) is 17.4 Å². The molecule has 0 radical (unpaired) electrons. The first-order valence-corrected chi connectivity index (χ1v) is 13.5. The van der Waals surface area contributed by atoms with Crippen LogP contribution < -0.4 is 5.48 Å². The van der Waals surface area contributed by atoms with Crippen LogP contribution in [0.5, 0.6) is 0 Å². The van der Waals surface area contributed by atoms with Crippen LogP contribution in [-0.2, 0) is 23.8 Å². The second kappa shape index (κ2) is 16.3. The molecule has 0 aromatic rings. The van der Waals surface area contributed by atoms with Gasteiger partial charge in [0.15, 0.2) is 11.1 Å². The number of nitrogens with one attached hydrogen (secondary N) is 1. The first-order valence-electron chi connectivity index (χ1n) is 11.3. The molecule has 8 heteroatoms. The van der Waals surface area contributed by atoms with Crippen LogP contribution in [0.4, 0.5) is 0 Å². The van der Waals surface area contributed by atoms with Crippen LogP contribution in [0.1, 0.15) is 75.2 Å². The van der Waals surface area contributed by atoms with Gasteiger partial charge in [-0.25, -0.2) is 5.48 Å². The van der Waals surface area contributed by atoms with Crippen LogP contribution in [0, 0.1) is 0 Å². The lowest BCUT2D eigenvalue weighted by Gasteiger charge is -2.40. The van der Waals surface area contributed by atoms with Crippen molar-refractivity contribution >= 4 is 17.2 Å². The van der Waals surface area contributed by atoms with E-state index in [1.807, 2.05) is 34.6 Å². The fraction of sp³-hybridized carbons (Fsp3) is 1.00. The van der Waals surface area contributed by atoms with Gasteiger partial charge in [0.05, 0.1) is 6.10 Å². The molecule has 0 aliphatic heterocycles. The van der Waals surface area contributed by atoms with Gasteiger partial charge in [0.25, 0.3) is 0 Å². The molecule has 0 bridgehead atoms. The Bertz CT molecular complexity index is 359. The fourth-order valence-electron chi connectivity index (χ4n) is 3.47. The predicted molar refractivity (Wildman–Crippen MR) is 127 cm³/mol. The number of ether oxygens (including phenoxy) is 4. The van der Waals surface area contributed by atoms with E-state index in [1.165, 1.54) is 0 Å². The van der Waals surface area contributed by atoms with Crippen LogP contribution in [0.25, 0.3) is 0 Å². The van der Waals surface area contributed by atoms with E-state index < -0.39 is 11.1 Å². The van der Waals surface area contributed by atoms with Crippen molar-refractivity contribution in [1.29, 1.82) is 0 Å². The molecular weight excluding hydrogens is 408 g/mol. The van der Waals surface area contributed by atoms with Crippen molar-refractivity contribution < 1.29 is 23.8 Å². The highest BCUT2D eigenvalue weighted by molar-refractivity contribution is 7.41. The average Bonchev–Trinajstić information content (AvgIpc) is 2.68. The van der Waals surface area contributed by atoms with E-state index >= 15 is 0 Å². The van der Waals surface area contributed by atoms with E-state index in [2.05, 4.69) is 33.2 Å². The average molecular weight is 456 g/mol. The monoisotopic (exact) mass is 455 g/mol. The Morgan fingerprint density at radius 2 is 1.00 bits per heavy atom. The molecule has 176 valence electrons. The van der Waals surface area contributed by atoms with Crippen LogP contribution in [0.15, 0.2) is 0 Å². The molecule has 29 heavy (non-hydrogen) atoms. The Kier molecular flexibility index (Phi) is 16.6. The molecule has 0 fully saturated rings. The minimum atomic E-state index is -0.540. The van der Waals surface area contributed by atoms with Gasteiger partial charge in [-0.05, 0) is 27.7 Å². The minimum Gasteiger partial charge on any atom is -0.347 e. The molecule has 0 saturated heterocycles. The van der Waals surface area contributed by atoms with Crippen LogP contribution >= 0.6 is 17.2 Å². The lowest BCUT2D eigenvalue weighted by molar-refractivity contribution is -0.171. The Morgan fingerprint density at radius 1 is 0.655 bits per heavy atom. The minimum absolute atomic E-state index is 0.00490. The summed E-state index contributed by atoms with van der Waals surface area (Å²) in [6.07, 6.45) is 1.64. The Hall–Kier alpha value is 0.620. The maximum absolute atomic E-state index is 6.15. The van der Waals surface area contributed by atoms with E-state index in [9.17, 15) is 0 Å². The van der Waals surface area contributed by atoms with Gasteiger partial charge < -0.3 is 18.9 Å². The molecule has 4 unspecified atom stereocenters. The van der Waals surface area contributed by atoms with E-state index in [4.69, 9.17) is 23.8 Å². The van der Waals surface area contributed by atoms with E-state index in [1.54, 1.807) is 0 Å². The van der Waals surface area contributed by atoms with Crippen molar-refractivity contribution in [3.63, 3.8) is 0 Å². The van der Waals surface area contributed by atoms with Gasteiger partial charge in [0.1, 0.15) is 0 Å². The number of rotatable bonds is 19. The summed E-state index contributed by atoms with van der Waals surface area (Å²) < 4.78 is 24.4. The third-order valence-electron chi connectivity index (χ3n) is 4.69. The largest absolute Gasteiger partial charge is 0.347 e. The van der Waals surface area contributed by atoms with E-state index in [0.717, 1.165) is 19.4 Å². The third kappa shape index (κ3) is 10.2. The smallest absolute Gasteiger partial charge is 0.183 e. The topological polar surface area (TPSA) is 58.2 Å². The Balaban J connectivity index is 5.52. The fourth-order valence-corrected chi connectivity index (χ4v) is 7.41. The van der Waals surface area contributed by atoms with Crippen molar-refractivity contribution in [2.24, 2.45) is 0 Å². The summed E-state index contributed by atoms with van der Waals surface area (Å²) in [5.74, 6) is 0. The highest BCUT2D eigenvalue weighted by Gasteiger charge is 2.40. The van der Waals surface area contributed by atoms with Gasteiger partial charge in [-0.3, -0.25) is 4.84 Å². The number of hydrogen-bond donors (Lipinski definition) is 1. The van der Waals surface area contributed by atoms with Gasteiger partial charge in [-0.1, -0.05) is 51.8 Å². The first-order chi connectivity index (χ1) is 13.8. The molecule has 0 aliphatic rings. The lowest BCUT2D eigenvalue weighted by atomic mass is 10.2. The lowest BCUT2D eigenvalue weighted by Crippen LogP contribution is -2.43. The SMILES string of the molecule is CCNOC(C(C)PC(CC)(OCC)OCC)C(C)PC(CC)(OCC)OCC. The number of hydroxylamine groups is 1. The summed E-state index contributed by atoms with van der Waals surface area (Å²) in [7, 11) is 0.935. The normalized spacial score (nSPS) is 16.9. The summed E-state index contributed by atoms with van der Waals surface area (Å²) in [6.45, 7) is 22.2. The highest BCUT2D eigenvalue weighted by Crippen LogP contribution is 2.48. The molecule has 1 N–H and O–H groups in total. The van der Waals surface area contributed by atoms with Gasteiger partial charge in [0.2, 0.25) is 0 Å². The van der Waals surface area contributed by atoms with Crippen LogP contribution in [0.2, 0.25) is 0 Å². The van der Waals surface area contributed by atoms with Crippen molar-refractivity contribution in [3.05, 3.63) is 0 Å². The molecule has 0 heterocycles. The predicted octanol–water partition coefficient (Wildman–Crippen LogP) is 5.30. The van der Waals surface area contributed by atoms with Gasteiger partial charge in [-0.15, -0.1) is 0 Å². The Morgan fingerprint density at radius 3 is 1.24 bits per heavy atom. The molecule has 0 aliphatic carbocycles. The molecule has 0 spiro atoms. The molecule has 0 amide bonds. The van der Waals surface area contributed by atoms with Crippen LogP contribution in [-0.4, -0.2) is 61.5 Å². The number of hydrogen-bond acceptors (Lipinski definition) is 6. The molecule has 6 nitrogen and oxygen atoms in total. The van der Waals surface area contributed by atoms with Crippen molar-refractivity contribution in [2.45, 2.75) is 104 Å². The summed E-state index contributed by atoms with van der Waals surface area (Å²) in [4.78, 5) is 6.15. The molecule has 0 rings (SSSR count). The van der Waals surface area contributed by atoms with Gasteiger partial charge >= 0.3 is 0 Å². The molecule has 0 aromatic carbocycles. The summed E-state index contributed by atoms with van der Waals surface area (Å²) in [6, 6.07) is 0. The molecule has 0 saturated carbocycles. The highest BCUT2D eigenvalue weighted by atomic mass is 31.1. The van der Waals surface area contributed by atoms with E-state index in [0.29, 0.717) is 43.6 Å². The zero-order valence-corrected chi connectivity index (χ0v) is 22.2. The Labute approximate surface area is 183 Å². The van der Waals surface area contributed by atoms with Crippen molar-refractivity contribution in [3.8, 4) is 0 Å². The molecule has 4 atom stereocenters. The third-order valence-corrected chi connectivity index (χ3v) is 8.42. The molecular formula is C21H47NO5P2. The standard InChI is InChI=1S/C21H47NO5P2/c1-10-20(23-13-4,24-14-5)28-17(8)19(27-22-12-3)18(9)29-21(11-2,25-15-6)26-16-7/h17-19,22,28-29H,10-16H2,1-9H3. The summed E-state index contributed by atoms with van der Waals surface area (Å²) >= 11 is 0. The first kappa shape index (κ1) is 29.6. The second-order valence-electron chi connectivity index (χ2n) is 6.89.